The summed E-state index contributed by atoms with van der Waals surface area (Å²) in [5.74, 6) is 3.60. The highest BCUT2D eigenvalue weighted by molar-refractivity contribution is 5.99. The zero-order valence-electron chi connectivity index (χ0n) is 36.6. The van der Waals surface area contributed by atoms with Crippen LogP contribution in [0.2, 0.25) is 0 Å². The molecule has 8 N–H and O–H groups in total. The number of aliphatic hydroxyl groups is 1. The van der Waals surface area contributed by atoms with Gasteiger partial charge in [-0.25, -0.2) is 9.97 Å². The molecule has 5 heterocycles. The minimum atomic E-state index is -0.434. The molecule has 2 aliphatic heterocycles. The molecule has 17 nitrogen and oxygen atoms in total. The summed E-state index contributed by atoms with van der Waals surface area (Å²) >= 11 is 0. The monoisotopic (exact) mass is 888 g/mol. The number of aromatic nitrogens is 7. The van der Waals surface area contributed by atoms with Gasteiger partial charge in [0.15, 0.2) is 23.1 Å². The number of benzene rings is 4. The van der Waals surface area contributed by atoms with Gasteiger partial charge in [0, 0.05) is 59.5 Å². The molecule has 66 heavy (non-hydrogen) atoms. The van der Waals surface area contributed by atoms with E-state index in [0.717, 1.165) is 54.0 Å². The van der Waals surface area contributed by atoms with Crippen molar-refractivity contribution in [3.63, 3.8) is 0 Å². The molecule has 1 fully saturated rings. The molecule has 0 bridgehead atoms. The van der Waals surface area contributed by atoms with E-state index in [1.54, 1.807) is 30.6 Å². The van der Waals surface area contributed by atoms with Crippen molar-refractivity contribution in [2.75, 3.05) is 43.5 Å². The van der Waals surface area contributed by atoms with Gasteiger partial charge in [-0.05, 0) is 128 Å². The molecule has 0 saturated carbocycles. The molecule has 17 heteroatoms. The molecule has 0 spiro atoms. The third-order valence-corrected chi connectivity index (χ3v) is 11.7. The second-order valence-electron chi connectivity index (χ2n) is 16.4. The summed E-state index contributed by atoms with van der Waals surface area (Å²) in [4.78, 5) is 42.0. The summed E-state index contributed by atoms with van der Waals surface area (Å²) in [6, 6.07) is 27.7. The van der Waals surface area contributed by atoms with Crippen LogP contribution in [0, 0.1) is 6.92 Å². The number of anilines is 2. The lowest BCUT2D eigenvalue weighted by molar-refractivity contribution is 0.0927. The topological polar surface area (TPSA) is 229 Å². The van der Waals surface area contributed by atoms with Crippen molar-refractivity contribution in [1.29, 1.82) is 0 Å². The van der Waals surface area contributed by atoms with Gasteiger partial charge in [-0.15, -0.1) is 0 Å². The Morgan fingerprint density at radius 1 is 0.742 bits per heavy atom. The quantitative estimate of drug-likeness (QED) is 0.0510. The molecule has 1 saturated heterocycles. The van der Waals surface area contributed by atoms with Gasteiger partial charge in [-0.1, -0.05) is 30.3 Å². The number of aromatic amines is 2. The zero-order valence-corrected chi connectivity index (χ0v) is 36.6. The van der Waals surface area contributed by atoms with Gasteiger partial charge in [0.2, 0.25) is 0 Å². The van der Waals surface area contributed by atoms with E-state index in [9.17, 15) is 14.7 Å². The van der Waals surface area contributed by atoms with Crippen LogP contribution in [0.3, 0.4) is 0 Å². The summed E-state index contributed by atoms with van der Waals surface area (Å²) in [5.41, 5.74) is 6.99. The Morgan fingerprint density at radius 2 is 1.39 bits per heavy atom. The highest BCUT2D eigenvalue weighted by Crippen LogP contribution is 2.34. The van der Waals surface area contributed by atoms with E-state index in [0.29, 0.717) is 94.7 Å². The van der Waals surface area contributed by atoms with Gasteiger partial charge in [-0.2, -0.15) is 10.2 Å². The predicted molar refractivity (Wildman–Crippen MR) is 249 cm³/mol. The van der Waals surface area contributed by atoms with Gasteiger partial charge in [0.1, 0.15) is 24.9 Å². The van der Waals surface area contributed by atoms with Crippen molar-refractivity contribution in [3.05, 3.63) is 149 Å². The number of nitrogens with one attached hydrogen (secondary N) is 7. The first-order chi connectivity index (χ1) is 32.3. The second-order valence-corrected chi connectivity index (χ2v) is 16.4. The number of aryl methyl sites for hydroxylation is 1. The van der Waals surface area contributed by atoms with E-state index < -0.39 is 6.04 Å². The highest BCUT2D eigenvalue weighted by atomic mass is 16.6. The van der Waals surface area contributed by atoms with Crippen LogP contribution in [-0.2, 0) is 19.6 Å². The van der Waals surface area contributed by atoms with Gasteiger partial charge in [0.25, 0.3) is 11.8 Å². The molecule has 338 valence electrons. The molecule has 0 aliphatic carbocycles. The van der Waals surface area contributed by atoms with Crippen LogP contribution >= 0.6 is 0 Å². The SMILES string of the molecule is Cc1cc2c(cc1CNC(=O)c1cc(NCc3nc(C4CCNCC4)n[nH]3)cc(-c3cc(NCc4nc(-c5ccncc5)n[nH]4)cc(C(=O)N[C@@H](CCO)c4ccccc4)c3)c1)OCCO2. The van der Waals surface area contributed by atoms with Crippen molar-refractivity contribution in [2.45, 2.75) is 57.8 Å². The van der Waals surface area contributed by atoms with Gasteiger partial charge in [0.05, 0.1) is 19.1 Å². The number of hydrogen-bond acceptors (Lipinski definition) is 13. The minimum Gasteiger partial charge on any atom is -0.486 e. The average Bonchev–Trinajstić information content (AvgIpc) is 4.06. The van der Waals surface area contributed by atoms with E-state index in [1.807, 2.05) is 79.7 Å². The Labute approximate surface area is 381 Å². The van der Waals surface area contributed by atoms with Gasteiger partial charge < -0.3 is 41.2 Å². The number of aliphatic hydroxyl groups excluding tert-OH is 1. The number of carbonyl (C=O) groups is 2. The molecule has 2 aliphatic rings. The Bertz CT molecular complexity index is 2770. The summed E-state index contributed by atoms with van der Waals surface area (Å²) in [7, 11) is 0. The number of nitrogens with zero attached hydrogens (tertiary/aromatic N) is 5. The minimum absolute atomic E-state index is 0.113. The predicted octanol–water partition coefficient (Wildman–Crippen LogP) is 6.21. The van der Waals surface area contributed by atoms with E-state index in [4.69, 9.17) is 14.5 Å². The van der Waals surface area contributed by atoms with Crippen LogP contribution in [0.1, 0.15) is 86.1 Å². The molecule has 1 atom stereocenters. The summed E-state index contributed by atoms with van der Waals surface area (Å²) < 4.78 is 11.6. The van der Waals surface area contributed by atoms with Crippen LogP contribution in [-0.4, -0.2) is 85.2 Å². The lowest BCUT2D eigenvalue weighted by Gasteiger charge is -2.20. The Balaban J connectivity index is 1.04. The fraction of sp³-hybridized carbons (Fsp3) is 0.286. The summed E-state index contributed by atoms with van der Waals surface area (Å²) in [6.07, 6.45) is 5.65. The third kappa shape index (κ3) is 10.7. The molecule has 0 radical (unpaired) electrons. The van der Waals surface area contributed by atoms with Crippen LogP contribution < -0.4 is 36.1 Å². The lowest BCUT2D eigenvalue weighted by atomic mass is 9.97. The number of piperidine rings is 1. The third-order valence-electron chi connectivity index (χ3n) is 11.7. The van der Waals surface area contributed by atoms with E-state index in [-0.39, 0.29) is 31.5 Å². The van der Waals surface area contributed by atoms with Crippen molar-refractivity contribution in [2.24, 2.45) is 0 Å². The first-order valence-electron chi connectivity index (χ1n) is 22.2. The van der Waals surface area contributed by atoms with Crippen molar-refractivity contribution >= 4 is 23.2 Å². The fourth-order valence-electron chi connectivity index (χ4n) is 8.16. The maximum atomic E-state index is 14.3. The van der Waals surface area contributed by atoms with Crippen LogP contribution in [0.5, 0.6) is 11.5 Å². The van der Waals surface area contributed by atoms with E-state index in [1.165, 1.54) is 0 Å². The molecular weight excluding hydrogens is 837 g/mol. The van der Waals surface area contributed by atoms with Gasteiger partial charge >= 0.3 is 0 Å². The fourth-order valence-corrected chi connectivity index (χ4v) is 8.16. The average molecular weight is 889 g/mol. The van der Waals surface area contributed by atoms with Crippen molar-refractivity contribution in [1.82, 2.24) is 51.3 Å². The number of H-pyrrole nitrogens is 2. The van der Waals surface area contributed by atoms with E-state index >= 15 is 0 Å². The maximum Gasteiger partial charge on any atom is 0.251 e. The standard InChI is InChI=1S/C49H52N12O5/c1-30-19-42-43(66-18-17-65-42)26-38(30)27-54-48(63)36-20-34(22-39(24-36)52-28-44-56-46(60-58-44)32-7-12-50-13-8-32)35-21-37(49(64)55-41(11-16-62)31-5-3-2-4-6-31)25-40(23-35)53-29-45-57-47(61-59-45)33-9-14-51-15-10-33/h2-6,9-10,14-15,19-26,32,41,50,52-53,62H,7-8,11-13,16-18,27-29H2,1H3,(H,54,63)(H,55,64)(H,56,58,60)(H,57,59,61)/t41-/m0/s1. The molecule has 0 unspecified atom stereocenters. The van der Waals surface area contributed by atoms with Crippen LogP contribution in [0.15, 0.2) is 103 Å². The molecule has 7 aromatic rings. The van der Waals surface area contributed by atoms with Crippen LogP contribution in [0.25, 0.3) is 22.5 Å². The maximum absolute atomic E-state index is 14.3. The van der Waals surface area contributed by atoms with Gasteiger partial charge in [-0.3, -0.25) is 24.8 Å². The van der Waals surface area contributed by atoms with Crippen molar-refractivity contribution in [3.8, 4) is 34.0 Å². The number of amides is 2. The number of hydrogen-bond donors (Lipinski definition) is 8. The second kappa shape index (κ2) is 20.5. The molecule has 3 aromatic heterocycles. The van der Waals surface area contributed by atoms with Crippen molar-refractivity contribution < 1.29 is 24.2 Å². The number of carbonyl (C=O) groups excluding carboxylic acids is 2. The molecule has 2 amide bonds. The first kappa shape index (κ1) is 43.6. The smallest absolute Gasteiger partial charge is 0.251 e. The summed E-state index contributed by atoms with van der Waals surface area (Å²) in [5, 5.41) is 41.5. The zero-order chi connectivity index (χ0) is 45.2. The first-order valence-corrected chi connectivity index (χ1v) is 22.2. The molecule has 9 rings (SSSR count). The van der Waals surface area contributed by atoms with E-state index in [2.05, 4.69) is 56.9 Å². The largest absolute Gasteiger partial charge is 0.486 e. The van der Waals surface area contributed by atoms with Crippen LogP contribution in [0.4, 0.5) is 11.4 Å². The Hall–Kier alpha value is -7.63. The number of pyridine rings is 1. The highest BCUT2D eigenvalue weighted by Gasteiger charge is 2.22. The number of fused-ring (bicyclic) bond motifs is 1. The Morgan fingerprint density at radius 3 is 2.09 bits per heavy atom. The molecule has 4 aromatic carbocycles. The summed E-state index contributed by atoms with van der Waals surface area (Å²) in [6.45, 7) is 5.54. The Kier molecular flexibility index (Phi) is 13.5. The lowest BCUT2D eigenvalue weighted by Crippen LogP contribution is -2.29. The molecular formula is C49H52N12O5. The number of ether oxygens (including phenoxy) is 2. The normalized spacial score (nSPS) is 14.0. The number of rotatable bonds is 17.